The van der Waals surface area contributed by atoms with E-state index >= 15 is 0 Å². The van der Waals surface area contributed by atoms with Gasteiger partial charge in [-0.05, 0) is 31.9 Å². The molecular formula is C16H25NO3. The van der Waals surface area contributed by atoms with Crippen molar-refractivity contribution in [2.75, 3.05) is 13.2 Å². The van der Waals surface area contributed by atoms with Crippen LogP contribution in [0.4, 0.5) is 0 Å². The van der Waals surface area contributed by atoms with Gasteiger partial charge >= 0.3 is 0 Å². The Morgan fingerprint density at radius 1 is 1.25 bits per heavy atom. The van der Waals surface area contributed by atoms with Crippen LogP contribution in [-0.4, -0.2) is 29.8 Å². The molecule has 0 spiro atoms. The van der Waals surface area contributed by atoms with Crippen LogP contribution in [-0.2, 0) is 4.79 Å². The Hall–Kier alpha value is -1.55. The van der Waals surface area contributed by atoms with Gasteiger partial charge in [0.15, 0.2) is 0 Å². The fourth-order valence-corrected chi connectivity index (χ4v) is 1.94. The molecule has 0 bridgehead atoms. The summed E-state index contributed by atoms with van der Waals surface area (Å²) >= 11 is 0. The molecule has 0 unspecified atom stereocenters. The Morgan fingerprint density at radius 3 is 2.35 bits per heavy atom. The Labute approximate surface area is 121 Å². The number of amides is 1. The van der Waals surface area contributed by atoms with Gasteiger partial charge in [-0.3, -0.25) is 4.79 Å². The topological polar surface area (TPSA) is 58.6 Å². The zero-order chi connectivity index (χ0) is 15.0. The Kier molecular flexibility index (Phi) is 6.52. The fraction of sp³-hybridized carbons (Fsp3) is 0.562. The first-order valence-corrected chi connectivity index (χ1v) is 7.16. The zero-order valence-electron chi connectivity index (χ0n) is 12.6. The van der Waals surface area contributed by atoms with Crippen LogP contribution in [0.3, 0.4) is 0 Å². The largest absolute Gasteiger partial charge is 0.493 e. The summed E-state index contributed by atoms with van der Waals surface area (Å²) < 4.78 is 5.52. The molecule has 2 N–H and O–H groups in total. The van der Waals surface area contributed by atoms with Crippen LogP contribution in [0, 0.1) is 6.92 Å². The van der Waals surface area contributed by atoms with E-state index in [1.165, 1.54) is 5.56 Å². The number of aliphatic hydroxyl groups is 1. The number of aliphatic hydroxyl groups excluding tert-OH is 1. The summed E-state index contributed by atoms with van der Waals surface area (Å²) in [6, 6.07) is 7.73. The molecule has 0 aliphatic heterocycles. The summed E-state index contributed by atoms with van der Waals surface area (Å²) in [7, 11) is 0. The third-order valence-electron chi connectivity index (χ3n) is 3.68. The minimum Gasteiger partial charge on any atom is -0.493 e. The van der Waals surface area contributed by atoms with Crippen LogP contribution in [0.25, 0.3) is 0 Å². The van der Waals surface area contributed by atoms with Crippen molar-refractivity contribution in [1.82, 2.24) is 5.32 Å². The van der Waals surface area contributed by atoms with E-state index in [1.807, 2.05) is 45.0 Å². The fourth-order valence-electron chi connectivity index (χ4n) is 1.94. The minimum absolute atomic E-state index is 0.0371. The third kappa shape index (κ3) is 4.85. The van der Waals surface area contributed by atoms with E-state index in [9.17, 15) is 9.90 Å². The maximum Gasteiger partial charge on any atom is 0.223 e. The Balaban J connectivity index is 2.38. The van der Waals surface area contributed by atoms with Gasteiger partial charge in [0.05, 0.1) is 25.2 Å². The monoisotopic (exact) mass is 279 g/mol. The molecule has 0 aliphatic carbocycles. The second kappa shape index (κ2) is 7.90. The molecule has 20 heavy (non-hydrogen) atoms. The van der Waals surface area contributed by atoms with E-state index in [4.69, 9.17) is 4.74 Å². The first kappa shape index (κ1) is 16.5. The number of carbonyl (C=O) groups is 1. The molecule has 0 atom stereocenters. The van der Waals surface area contributed by atoms with Crippen molar-refractivity contribution in [2.45, 2.75) is 45.6 Å². The lowest BCUT2D eigenvalue weighted by molar-refractivity contribution is -0.124. The normalized spacial score (nSPS) is 11.2. The molecule has 1 rings (SSSR count). The molecule has 0 aromatic heterocycles. The van der Waals surface area contributed by atoms with E-state index in [1.54, 1.807) is 0 Å². The molecule has 1 aromatic carbocycles. The maximum absolute atomic E-state index is 11.9. The van der Waals surface area contributed by atoms with Gasteiger partial charge in [-0.2, -0.15) is 0 Å². The highest BCUT2D eigenvalue weighted by molar-refractivity contribution is 5.76. The number of nitrogens with one attached hydrogen (secondary N) is 1. The molecule has 0 heterocycles. The zero-order valence-corrected chi connectivity index (χ0v) is 12.6. The molecule has 1 amide bonds. The predicted molar refractivity (Wildman–Crippen MR) is 79.8 cm³/mol. The van der Waals surface area contributed by atoms with Crippen LogP contribution < -0.4 is 10.1 Å². The van der Waals surface area contributed by atoms with E-state index in [0.29, 0.717) is 19.4 Å². The number of hydrogen-bond acceptors (Lipinski definition) is 3. The Morgan fingerprint density at radius 2 is 1.85 bits per heavy atom. The number of aryl methyl sites for hydroxylation is 1. The second-order valence-corrected chi connectivity index (χ2v) is 5.11. The highest BCUT2D eigenvalue weighted by Gasteiger charge is 2.26. The quantitative estimate of drug-likeness (QED) is 0.768. The summed E-state index contributed by atoms with van der Waals surface area (Å²) in [6.07, 6.45) is 1.71. The molecule has 0 aliphatic rings. The number of ether oxygens (including phenoxy) is 1. The molecule has 0 fully saturated rings. The van der Waals surface area contributed by atoms with Gasteiger partial charge in [0, 0.05) is 0 Å². The van der Waals surface area contributed by atoms with Crippen LogP contribution in [0.1, 0.15) is 38.7 Å². The van der Waals surface area contributed by atoms with E-state index < -0.39 is 5.54 Å². The lowest BCUT2D eigenvalue weighted by atomic mass is 9.94. The highest BCUT2D eigenvalue weighted by atomic mass is 16.5. The van der Waals surface area contributed by atoms with Gasteiger partial charge in [-0.1, -0.05) is 31.5 Å². The van der Waals surface area contributed by atoms with Crippen LogP contribution in [0.5, 0.6) is 5.75 Å². The summed E-state index contributed by atoms with van der Waals surface area (Å²) in [5.74, 6) is 0.678. The average molecular weight is 279 g/mol. The molecule has 0 radical (unpaired) electrons. The minimum atomic E-state index is -0.499. The van der Waals surface area contributed by atoms with E-state index in [-0.39, 0.29) is 18.9 Å². The van der Waals surface area contributed by atoms with Crippen molar-refractivity contribution in [3.05, 3.63) is 29.8 Å². The lowest BCUT2D eigenvalue weighted by Gasteiger charge is -2.30. The third-order valence-corrected chi connectivity index (χ3v) is 3.68. The predicted octanol–water partition coefficient (Wildman–Crippen LogP) is 2.43. The average Bonchev–Trinajstić information content (AvgIpc) is 2.47. The van der Waals surface area contributed by atoms with Gasteiger partial charge in [0.1, 0.15) is 5.75 Å². The van der Waals surface area contributed by atoms with E-state index in [0.717, 1.165) is 5.75 Å². The lowest BCUT2D eigenvalue weighted by Crippen LogP contribution is -2.50. The second-order valence-electron chi connectivity index (χ2n) is 5.11. The molecule has 4 nitrogen and oxygen atoms in total. The number of benzene rings is 1. The SMILES string of the molecule is CCC(CC)(CO)NC(=O)CCOc1ccc(C)cc1. The van der Waals surface area contributed by atoms with E-state index in [2.05, 4.69) is 5.32 Å². The van der Waals surface area contributed by atoms with Crippen molar-refractivity contribution < 1.29 is 14.6 Å². The van der Waals surface area contributed by atoms with Gasteiger partial charge in [0.2, 0.25) is 5.91 Å². The highest BCUT2D eigenvalue weighted by Crippen LogP contribution is 2.15. The number of hydrogen-bond donors (Lipinski definition) is 2. The molecule has 0 saturated heterocycles. The number of rotatable bonds is 8. The smallest absolute Gasteiger partial charge is 0.223 e. The van der Waals surface area contributed by atoms with Gasteiger partial charge in [-0.15, -0.1) is 0 Å². The van der Waals surface area contributed by atoms with Gasteiger partial charge in [-0.25, -0.2) is 0 Å². The maximum atomic E-state index is 11.9. The summed E-state index contributed by atoms with van der Waals surface area (Å²) in [5, 5.41) is 12.3. The van der Waals surface area contributed by atoms with Crippen molar-refractivity contribution >= 4 is 5.91 Å². The summed E-state index contributed by atoms with van der Waals surface area (Å²) in [4.78, 5) is 11.9. The van der Waals surface area contributed by atoms with Gasteiger partial charge in [0.25, 0.3) is 0 Å². The molecular weight excluding hydrogens is 254 g/mol. The standard InChI is InChI=1S/C16H25NO3/c1-4-16(5-2,12-18)17-15(19)10-11-20-14-8-6-13(3)7-9-14/h6-9,18H,4-5,10-12H2,1-3H3,(H,17,19). The molecule has 4 heteroatoms. The molecule has 1 aromatic rings. The summed E-state index contributed by atoms with van der Waals surface area (Å²) in [6.45, 7) is 6.24. The Bertz CT molecular complexity index is 402. The molecule has 112 valence electrons. The van der Waals surface area contributed by atoms with Crippen LogP contribution in [0.15, 0.2) is 24.3 Å². The van der Waals surface area contributed by atoms with Crippen LogP contribution >= 0.6 is 0 Å². The molecule has 0 saturated carbocycles. The first-order valence-electron chi connectivity index (χ1n) is 7.16. The van der Waals surface area contributed by atoms with Crippen molar-refractivity contribution in [2.24, 2.45) is 0 Å². The van der Waals surface area contributed by atoms with Crippen molar-refractivity contribution in [3.63, 3.8) is 0 Å². The van der Waals surface area contributed by atoms with Gasteiger partial charge < -0.3 is 15.2 Å². The first-order chi connectivity index (χ1) is 9.55. The van der Waals surface area contributed by atoms with Crippen molar-refractivity contribution in [1.29, 1.82) is 0 Å². The summed E-state index contributed by atoms with van der Waals surface area (Å²) in [5.41, 5.74) is 0.676. The van der Waals surface area contributed by atoms with Crippen molar-refractivity contribution in [3.8, 4) is 5.75 Å². The van der Waals surface area contributed by atoms with Crippen LogP contribution in [0.2, 0.25) is 0 Å². The number of carbonyl (C=O) groups excluding carboxylic acids is 1.